The van der Waals surface area contributed by atoms with E-state index in [0.717, 1.165) is 18.4 Å². The zero-order valence-electron chi connectivity index (χ0n) is 13.0. The van der Waals surface area contributed by atoms with Crippen LogP contribution in [0.25, 0.3) is 0 Å². The molecule has 1 fully saturated rings. The van der Waals surface area contributed by atoms with E-state index in [-0.39, 0.29) is 17.4 Å². The van der Waals surface area contributed by atoms with Crippen LogP contribution in [0.3, 0.4) is 0 Å². The summed E-state index contributed by atoms with van der Waals surface area (Å²) in [6.07, 6.45) is 3.49. The number of aromatic carboxylic acids is 1. The number of carbonyl (C=O) groups is 2. The van der Waals surface area contributed by atoms with Gasteiger partial charge in [-0.05, 0) is 48.6 Å². The first-order valence-electron chi connectivity index (χ1n) is 7.76. The molecule has 2 aromatic rings. The zero-order valence-corrected chi connectivity index (χ0v) is 13.0. The van der Waals surface area contributed by atoms with Crippen LogP contribution in [0.4, 0.5) is 4.39 Å². The van der Waals surface area contributed by atoms with Crippen molar-refractivity contribution in [3.8, 4) is 0 Å². The Bertz CT molecular complexity index is 740. The van der Waals surface area contributed by atoms with Crippen molar-refractivity contribution in [1.29, 1.82) is 0 Å². The van der Waals surface area contributed by atoms with Crippen molar-refractivity contribution in [2.24, 2.45) is 5.92 Å². The highest BCUT2D eigenvalue weighted by Gasteiger charge is 2.27. The minimum absolute atomic E-state index is 0.0983. The lowest BCUT2D eigenvalue weighted by Crippen LogP contribution is -2.32. The number of pyridine rings is 1. The van der Waals surface area contributed by atoms with Crippen LogP contribution in [0.2, 0.25) is 0 Å². The van der Waals surface area contributed by atoms with Crippen LogP contribution in [0, 0.1) is 11.7 Å². The van der Waals surface area contributed by atoms with Gasteiger partial charge in [-0.2, -0.15) is 0 Å². The molecule has 5 nitrogen and oxygen atoms in total. The summed E-state index contributed by atoms with van der Waals surface area (Å²) >= 11 is 0. The van der Waals surface area contributed by atoms with E-state index in [1.807, 2.05) is 0 Å². The van der Waals surface area contributed by atoms with Gasteiger partial charge in [0, 0.05) is 19.3 Å². The molecule has 1 aromatic heterocycles. The summed E-state index contributed by atoms with van der Waals surface area (Å²) < 4.78 is 13.0. The Labute approximate surface area is 138 Å². The summed E-state index contributed by atoms with van der Waals surface area (Å²) in [5, 5.41) is 8.88. The Hall–Kier alpha value is -2.76. The minimum atomic E-state index is -1.13. The molecule has 1 N–H and O–H groups in total. The van der Waals surface area contributed by atoms with Crippen molar-refractivity contribution >= 4 is 11.9 Å². The molecule has 1 aromatic carbocycles. The van der Waals surface area contributed by atoms with Crippen LogP contribution in [0.1, 0.15) is 39.3 Å². The molecule has 6 heteroatoms. The van der Waals surface area contributed by atoms with Crippen molar-refractivity contribution in [1.82, 2.24) is 9.88 Å². The number of aromatic nitrogens is 1. The monoisotopic (exact) mass is 328 g/mol. The molecule has 0 radical (unpaired) electrons. The number of nitrogens with zero attached hydrogens (tertiary/aromatic N) is 2. The first-order valence-corrected chi connectivity index (χ1v) is 7.76. The second-order valence-corrected chi connectivity index (χ2v) is 5.99. The van der Waals surface area contributed by atoms with E-state index < -0.39 is 5.97 Å². The highest BCUT2D eigenvalue weighted by Crippen LogP contribution is 2.30. The minimum Gasteiger partial charge on any atom is -0.477 e. The lowest BCUT2D eigenvalue weighted by atomic mass is 10.1. The molecular formula is C18H17FN2O3. The maximum absolute atomic E-state index is 13.0. The quantitative estimate of drug-likeness (QED) is 0.885. The van der Waals surface area contributed by atoms with Crippen LogP contribution in [0.5, 0.6) is 0 Å². The number of carboxylic acid groups (broad SMARTS) is 1. The number of carbonyl (C=O) groups excluding carboxylic acids is 1. The fraction of sp³-hybridized carbons (Fsp3) is 0.278. The van der Waals surface area contributed by atoms with Gasteiger partial charge in [0.25, 0.3) is 5.91 Å². The van der Waals surface area contributed by atoms with E-state index >= 15 is 0 Å². The predicted octanol–water partition coefficient (Wildman–Crippen LogP) is 2.97. The van der Waals surface area contributed by atoms with E-state index in [1.54, 1.807) is 17.0 Å². The fourth-order valence-corrected chi connectivity index (χ4v) is 2.47. The van der Waals surface area contributed by atoms with Gasteiger partial charge in [-0.1, -0.05) is 12.1 Å². The van der Waals surface area contributed by atoms with Crippen LogP contribution < -0.4 is 0 Å². The third kappa shape index (κ3) is 3.95. The van der Waals surface area contributed by atoms with Gasteiger partial charge in [0.05, 0.1) is 5.56 Å². The number of hydrogen-bond donors (Lipinski definition) is 1. The van der Waals surface area contributed by atoms with Crippen molar-refractivity contribution in [2.75, 3.05) is 6.54 Å². The molecule has 1 aliphatic carbocycles. The number of amides is 1. The largest absolute Gasteiger partial charge is 0.477 e. The van der Waals surface area contributed by atoms with Crippen LogP contribution in [0.15, 0.2) is 42.6 Å². The Balaban J connectivity index is 1.77. The maximum Gasteiger partial charge on any atom is 0.354 e. The normalized spacial score (nSPS) is 13.5. The molecule has 0 spiro atoms. The van der Waals surface area contributed by atoms with Gasteiger partial charge in [-0.3, -0.25) is 4.79 Å². The Morgan fingerprint density at radius 2 is 1.88 bits per heavy atom. The third-order valence-electron chi connectivity index (χ3n) is 3.98. The van der Waals surface area contributed by atoms with Crippen molar-refractivity contribution < 1.29 is 19.1 Å². The summed E-state index contributed by atoms with van der Waals surface area (Å²) in [6.45, 7) is 1.02. The van der Waals surface area contributed by atoms with E-state index in [2.05, 4.69) is 4.98 Å². The van der Waals surface area contributed by atoms with Gasteiger partial charge in [-0.15, -0.1) is 0 Å². The third-order valence-corrected chi connectivity index (χ3v) is 3.98. The SMILES string of the molecule is O=C(O)c1ccc(C(=O)N(Cc2ccc(F)cc2)CC2CC2)cn1. The molecule has 0 saturated heterocycles. The first kappa shape index (κ1) is 16.1. The summed E-state index contributed by atoms with van der Waals surface area (Å²) in [6, 6.07) is 8.87. The van der Waals surface area contributed by atoms with E-state index in [0.29, 0.717) is 24.6 Å². The van der Waals surface area contributed by atoms with Gasteiger partial charge in [-0.25, -0.2) is 14.2 Å². The first-order chi connectivity index (χ1) is 11.5. The molecule has 1 aliphatic rings. The molecule has 0 unspecified atom stereocenters. The maximum atomic E-state index is 13.0. The molecule has 1 saturated carbocycles. The molecule has 3 rings (SSSR count). The summed E-state index contributed by atoms with van der Waals surface area (Å²) in [4.78, 5) is 29.1. The lowest BCUT2D eigenvalue weighted by molar-refractivity contribution is 0.0686. The number of rotatable bonds is 6. The van der Waals surface area contributed by atoms with Crippen molar-refractivity contribution in [3.63, 3.8) is 0 Å². The summed E-state index contributed by atoms with van der Waals surface area (Å²) in [7, 11) is 0. The Morgan fingerprint density at radius 3 is 2.42 bits per heavy atom. The van der Waals surface area contributed by atoms with Gasteiger partial charge in [0.1, 0.15) is 11.5 Å². The van der Waals surface area contributed by atoms with Crippen LogP contribution >= 0.6 is 0 Å². The topological polar surface area (TPSA) is 70.5 Å². The van der Waals surface area contributed by atoms with Gasteiger partial charge >= 0.3 is 5.97 Å². The highest BCUT2D eigenvalue weighted by atomic mass is 19.1. The van der Waals surface area contributed by atoms with Crippen molar-refractivity contribution in [3.05, 3.63) is 65.2 Å². The zero-order chi connectivity index (χ0) is 17.1. The van der Waals surface area contributed by atoms with Crippen LogP contribution in [-0.2, 0) is 6.54 Å². The number of halogens is 1. The molecule has 1 heterocycles. The highest BCUT2D eigenvalue weighted by molar-refractivity contribution is 5.94. The predicted molar refractivity (Wildman–Crippen MR) is 85.1 cm³/mol. The van der Waals surface area contributed by atoms with Gasteiger partial charge < -0.3 is 10.0 Å². The number of carboxylic acids is 1. The smallest absolute Gasteiger partial charge is 0.354 e. The van der Waals surface area contributed by atoms with E-state index in [1.165, 1.54) is 30.5 Å². The van der Waals surface area contributed by atoms with Gasteiger partial charge in [0.2, 0.25) is 0 Å². The number of hydrogen-bond acceptors (Lipinski definition) is 3. The Kier molecular flexibility index (Phi) is 4.55. The summed E-state index contributed by atoms with van der Waals surface area (Å²) in [5.41, 5.74) is 1.10. The second-order valence-electron chi connectivity index (χ2n) is 5.99. The molecule has 1 amide bonds. The Morgan fingerprint density at radius 1 is 1.17 bits per heavy atom. The average Bonchev–Trinajstić information content (AvgIpc) is 3.40. The lowest BCUT2D eigenvalue weighted by Gasteiger charge is -2.23. The van der Waals surface area contributed by atoms with E-state index in [4.69, 9.17) is 5.11 Å². The van der Waals surface area contributed by atoms with Crippen molar-refractivity contribution in [2.45, 2.75) is 19.4 Å². The summed E-state index contributed by atoms with van der Waals surface area (Å²) in [5.74, 6) is -1.14. The molecule has 24 heavy (non-hydrogen) atoms. The second kappa shape index (κ2) is 6.78. The average molecular weight is 328 g/mol. The number of benzene rings is 1. The molecular weight excluding hydrogens is 311 g/mol. The molecule has 0 aliphatic heterocycles. The van der Waals surface area contributed by atoms with Gasteiger partial charge in [0.15, 0.2) is 0 Å². The van der Waals surface area contributed by atoms with Crippen LogP contribution in [-0.4, -0.2) is 33.4 Å². The van der Waals surface area contributed by atoms with E-state index in [9.17, 15) is 14.0 Å². The molecule has 0 atom stereocenters. The molecule has 0 bridgehead atoms. The fourth-order valence-electron chi connectivity index (χ4n) is 2.47. The molecule has 124 valence electrons. The standard InChI is InChI=1S/C18H17FN2O3/c19-15-6-3-13(4-7-15)11-21(10-12-1-2-12)17(22)14-5-8-16(18(23)24)20-9-14/h3-9,12H,1-2,10-11H2,(H,23,24).